The van der Waals surface area contributed by atoms with Gasteiger partial charge in [0.05, 0.1) is 13.2 Å². The third kappa shape index (κ3) is 21.7. The maximum absolute atomic E-state index is 10.8. The van der Waals surface area contributed by atoms with E-state index in [9.17, 15) is 4.79 Å². The predicted octanol–water partition coefficient (Wildman–Crippen LogP) is 5.01. The summed E-state index contributed by atoms with van der Waals surface area (Å²) in [6, 6.07) is 0. The van der Waals surface area contributed by atoms with Crippen molar-refractivity contribution in [2.75, 3.05) is 13.2 Å². The molecular formula is C18H35O5PS. The monoisotopic (exact) mass is 394 g/mol. The fourth-order valence-corrected chi connectivity index (χ4v) is 3.15. The van der Waals surface area contributed by atoms with Gasteiger partial charge in [-0.3, -0.25) is 0 Å². The van der Waals surface area contributed by atoms with Crippen LogP contribution in [-0.2, 0) is 25.9 Å². The largest absolute Gasteiger partial charge is 0.463 e. The minimum absolute atomic E-state index is 0.330. The van der Waals surface area contributed by atoms with Crippen molar-refractivity contribution < 1.29 is 23.8 Å². The van der Waals surface area contributed by atoms with Gasteiger partial charge in [0.2, 0.25) is 0 Å². The van der Waals surface area contributed by atoms with E-state index in [4.69, 9.17) is 19.0 Å². The van der Waals surface area contributed by atoms with E-state index in [0.29, 0.717) is 13.2 Å². The van der Waals surface area contributed by atoms with E-state index in [0.717, 1.165) is 25.7 Å². The van der Waals surface area contributed by atoms with Crippen molar-refractivity contribution in [2.45, 2.75) is 83.5 Å². The summed E-state index contributed by atoms with van der Waals surface area (Å²) >= 11 is 4.38. The zero-order valence-corrected chi connectivity index (χ0v) is 17.1. The number of ether oxygens (including phenoxy) is 1. The average molecular weight is 395 g/mol. The van der Waals surface area contributed by atoms with Gasteiger partial charge in [-0.2, -0.15) is 0 Å². The Morgan fingerprint density at radius 2 is 1.16 bits per heavy atom. The first-order valence-electron chi connectivity index (χ1n) is 9.45. The molecule has 0 amide bonds. The predicted molar refractivity (Wildman–Crippen MR) is 106 cm³/mol. The molecular weight excluding hydrogens is 359 g/mol. The molecule has 2 N–H and O–H groups in total. The first-order chi connectivity index (χ1) is 12.0. The molecule has 0 bridgehead atoms. The maximum atomic E-state index is 10.8. The molecule has 7 heteroatoms. The first kappa shape index (κ1) is 24.7. The van der Waals surface area contributed by atoms with Crippen molar-refractivity contribution in [3.63, 3.8) is 0 Å². The summed E-state index contributed by atoms with van der Waals surface area (Å²) < 4.78 is 9.70. The van der Waals surface area contributed by atoms with E-state index in [1.54, 1.807) is 0 Å². The average Bonchev–Trinajstić information content (AvgIpc) is 2.56. The molecule has 0 aliphatic heterocycles. The number of rotatable bonds is 18. The van der Waals surface area contributed by atoms with Crippen molar-refractivity contribution in [3.05, 3.63) is 12.7 Å². The number of esters is 1. The maximum Gasteiger partial charge on any atom is 0.330 e. The highest BCUT2D eigenvalue weighted by molar-refractivity contribution is 8.06. The summed E-state index contributed by atoms with van der Waals surface area (Å²) in [7, 11) is 0. The second kappa shape index (κ2) is 17.2. The fourth-order valence-electron chi connectivity index (χ4n) is 2.56. The third-order valence-corrected chi connectivity index (χ3v) is 4.79. The van der Waals surface area contributed by atoms with Gasteiger partial charge in [0.15, 0.2) is 0 Å². The highest BCUT2D eigenvalue weighted by Gasteiger charge is 2.06. The highest BCUT2D eigenvalue weighted by Crippen LogP contribution is 2.36. The van der Waals surface area contributed by atoms with Crippen LogP contribution in [0.3, 0.4) is 0 Å². The lowest BCUT2D eigenvalue weighted by molar-refractivity contribution is -0.137. The number of carbonyl (C=O) groups excluding carboxylic acids is 1. The van der Waals surface area contributed by atoms with E-state index >= 15 is 0 Å². The van der Waals surface area contributed by atoms with E-state index in [2.05, 4.69) is 18.4 Å². The minimum atomic E-state index is -3.45. The van der Waals surface area contributed by atoms with Crippen LogP contribution in [0.2, 0.25) is 0 Å². The zero-order valence-electron chi connectivity index (χ0n) is 15.4. The van der Waals surface area contributed by atoms with Crippen LogP contribution in [0, 0.1) is 0 Å². The van der Waals surface area contributed by atoms with E-state index in [-0.39, 0.29) is 5.97 Å². The second-order valence-electron chi connectivity index (χ2n) is 6.29. The molecule has 0 saturated carbocycles. The van der Waals surface area contributed by atoms with E-state index < -0.39 is 6.72 Å². The van der Waals surface area contributed by atoms with Crippen LogP contribution in [-0.4, -0.2) is 29.0 Å². The van der Waals surface area contributed by atoms with Crippen molar-refractivity contribution in [1.82, 2.24) is 0 Å². The van der Waals surface area contributed by atoms with Crippen LogP contribution in [0.1, 0.15) is 83.5 Å². The summed E-state index contributed by atoms with van der Waals surface area (Å²) in [6.45, 7) is 0.767. The quantitative estimate of drug-likeness (QED) is 0.147. The van der Waals surface area contributed by atoms with Gasteiger partial charge in [0, 0.05) is 6.08 Å². The van der Waals surface area contributed by atoms with E-state index in [1.165, 1.54) is 63.9 Å². The lowest BCUT2D eigenvalue weighted by atomic mass is 10.0. The Labute approximate surface area is 158 Å². The minimum Gasteiger partial charge on any atom is -0.463 e. The van der Waals surface area contributed by atoms with Crippen molar-refractivity contribution in [1.29, 1.82) is 0 Å². The molecule has 0 aromatic heterocycles. The van der Waals surface area contributed by atoms with E-state index in [1.807, 2.05) is 0 Å². The van der Waals surface area contributed by atoms with Gasteiger partial charge < -0.3 is 19.0 Å². The van der Waals surface area contributed by atoms with Crippen molar-refractivity contribution >= 4 is 24.5 Å². The molecule has 0 spiro atoms. The van der Waals surface area contributed by atoms with Crippen LogP contribution in [0.4, 0.5) is 0 Å². The van der Waals surface area contributed by atoms with Gasteiger partial charge in [-0.05, 0) is 24.6 Å². The SMILES string of the molecule is C=CC(=O)OCCCCCCCCCCCCCCCOP(O)(O)=S. The number of hydrogen-bond acceptors (Lipinski definition) is 4. The number of hydrogen-bond donors (Lipinski definition) is 2. The first-order valence-corrected chi connectivity index (χ1v) is 12.1. The molecule has 5 nitrogen and oxygen atoms in total. The zero-order chi connectivity index (χ0) is 18.8. The molecule has 0 fully saturated rings. The second-order valence-corrected chi connectivity index (χ2v) is 8.96. The van der Waals surface area contributed by atoms with Crippen LogP contribution < -0.4 is 0 Å². The smallest absolute Gasteiger partial charge is 0.330 e. The van der Waals surface area contributed by atoms with Gasteiger partial charge in [-0.25, -0.2) is 4.79 Å². The topological polar surface area (TPSA) is 76.0 Å². The Balaban J connectivity index is 3.08. The molecule has 0 heterocycles. The summed E-state index contributed by atoms with van der Waals surface area (Å²) in [5.74, 6) is -0.330. The third-order valence-electron chi connectivity index (χ3n) is 3.96. The molecule has 0 aromatic rings. The molecule has 148 valence electrons. The molecule has 0 aromatic carbocycles. The Morgan fingerprint density at radius 1 is 0.800 bits per heavy atom. The molecule has 0 aliphatic rings. The van der Waals surface area contributed by atoms with Crippen molar-refractivity contribution in [2.24, 2.45) is 0 Å². The fraction of sp³-hybridized carbons (Fsp3) is 0.833. The molecule has 0 atom stereocenters. The number of unbranched alkanes of at least 4 members (excludes halogenated alkanes) is 12. The Kier molecular flexibility index (Phi) is 17.0. The van der Waals surface area contributed by atoms with Crippen molar-refractivity contribution in [3.8, 4) is 0 Å². The van der Waals surface area contributed by atoms with Crippen LogP contribution >= 0.6 is 6.72 Å². The summed E-state index contributed by atoms with van der Waals surface area (Å²) in [5.41, 5.74) is 0. The van der Waals surface area contributed by atoms with Gasteiger partial charge in [-0.15, -0.1) is 0 Å². The summed E-state index contributed by atoms with van der Waals surface area (Å²) in [4.78, 5) is 28.6. The molecule has 0 rings (SSSR count). The lowest BCUT2D eigenvalue weighted by Crippen LogP contribution is -2.01. The molecule has 25 heavy (non-hydrogen) atoms. The molecule has 0 radical (unpaired) electrons. The van der Waals surface area contributed by atoms with Gasteiger partial charge in [0.25, 0.3) is 0 Å². The van der Waals surface area contributed by atoms with Gasteiger partial charge in [0.1, 0.15) is 0 Å². The highest BCUT2D eigenvalue weighted by atomic mass is 32.5. The van der Waals surface area contributed by atoms with Crippen LogP contribution in [0.15, 0.2) is 12.7 Å². The Hall–Kier alpha value is -0.260. The standard InChI is InChI=1S/C18H35O5PS/c1-2-18(19)22-16-14-12-10-8-6-4-3-5-7-9-11-13-15-17-23-24(20,21)25/h2H,1,3-17H2,(H2,20,21,25). The molecule has 0 aliphatic carbocycles. The van der Waals surface area contributed by atoms with Gasteiger partial charge in [-0.1, -0.05) is 77.2 Å². The van der Waals surface area contributed by atoms with Gasteiger partial charge >= 0.3 is 12.7 Å². The van der Waals surface area contributed by atoms with Crippen LogP contribution in [0.25, 0.3) is 0 Å². The lowest BCUT2D eigenvalue weighted by Gasteiger charge is -2.07. The molecule has 0 saturated heterocycles. The summed E-state index contributed by atoms with van der Waals surface area (Å²) in [5, 5.41) is 0. The molecule has 0 unspecified atom stereocenters. The Morgan fingerprint density at radius 3 is 1.52 bits per heavy atom. The summed E-state index contributed by atoms with van der Waals surface area (Å²) in [6.07, 6.45) is 16.5. The van der Waals surface area contributed by atoms with Crippen LogP contribution in [0.5, 0.6) is 0 Å². The normalized spacial score (nSPS) is 11.4. The number of carbonyl (C=O) groups is 1. The Bertz CT molecular complexity index is 384.